The molecule has 0 aliphatic rings. The number of nitrogens with zero attached hydrogens (tertiary/aromatic N) is 1. The number of sulfone groups is 1. The SMILES string of the molecule is COC(=O)c1ccc(Cl)cc1N/C=C(/C#N)S(=O)(=O)c1ccccc1. The van der Waals surface area contributed by atoms with Crippen LogP contribution in [0.2, 0.25) is 5.02 Å². The summed E-state index contributed by atoms with van der Waals surface area (Å²) in [6.45, 7) is 0. The molecule has 0 aliphatic carbocycles. The molecule has 0 heterocycles. The maximum atomic E-state index is 12.5. The van der Waals surface area contributed by atoms with Crippen LogP contribution in [0.15, 0.2) is 64.5 Å². The van der Waals surface area contributed by atoms with Gasteiger partial charge in [0.05, 0.1) is 23.3 Å². The molecule has 2 rings (SSSR count). The number of hydrogen-bond acceptors (Lipinski definition) is 6. The van der Waals surface area contributed by atoms with Gasteiger partial charge in [-0.2, -0.15) is 5.26 Å². The van der Waals surface area contributed by atoms with Gasteiger partial charge in [0.2, 0.25) is 9.84 Å². The van der Waals surface area contributed by atoms with E-state index in [1.807, 2.05) is 0 Å². The van der Waals surface area contributed by atoms with Gasteiger partial charge in [0, 0.05) is 11.2 Å². The number of hydrogen-bond donors (Lipinski definition) is 1. The topological polar surface area (TPSA) is 96.3 Å². The van der Waals surface area contributed by atoms with Crippen LogP contribution >= 0.6 is 11.6 Å². The summed E-state index contributed by atoms with van der Waals surface area (Å²) in [6.07, 6.45) is 1.01. The summed E-state index contributed by atoms with van der Waals surface area (Å²) in [5.74, 6) is -0.628. The Hall–Kier alpha value is -2.82. The number of halogens is 1. The molecule has 128 valence electrons. The molecule has 8 heteroatoms. The van der Waals surface area contributed by atoms with Gasteiger partial charge >= 0.3 is 5.97 Å². The van der Waals surface area contributed by atoms with Crippen molar-refractivity contribution in [3.8, 4) is 6.07 Å². The van der Waals surface area contributed by atoms with E-state index >= 15 is 0 Å². The van der Waals surface area contributed by atoms with Gasteiger partial charge in [-0.3, -0.25) is 0 Å². The average Bonchev–Trinajstić information content (AvgIpc) is 2.62. The summed E-state index contributed by atoms with van der Waals surface area (Å²) < 4.78 is 29.6. The molecule has 0 unspecified atom stereocenters. The first-order valence-corrected chi connectivity index (χ1v) is 8.81. The number of allylic oxidation sites excluding steroid dienone is 1. The van der Waals surface area contributed by atoms with E-state index in [0.29, 0.717) is 5.02 Å². The van der Waals surface area contributed by atoms with Crippen LogP contribution in [0.5, 0.6) is 0 Å². The fraction of sp³-hybridized carbons (Fsp3) is 0.0588. The van der Waals surface area contributed by atoms with Gasteiger partial charge in [0.15, 0.2) is 4.91 Å². The number of methoxy groups -OCH3 is 1. The van der Waals surface area contributed by atoms with Gasteiger partial charge in [0.1, 0.15) is 6.07 Å². The predicted octanol–water partition coefficient (Wildman–Crippen LogP) is 3.38. The van der Waals surface area contributed by atoms with Crippen LogP contribution < -0.4 is 5.32 Å². The van der Waals surface area contributed by atoms with E-state index in [2.05, 4.69) is 10.1 Å². The van der Waals surface area contributed by atoms with E-state index in [4.69, 9.17) is 11.6 Å². The quantitative estimate of drug-likeness (QED) is 0.634. The van der Waals surface area contributed by atoms with Crippen LogP contribution in [0.4, 0.5) is 5.69 Å². The van der Waals surface area contributed by atoms with E-state index in [-0.39, 0.29) is 16.1 Å². The zero-order valence-electron chi connectivity index (χ0n) is 13.1. The Morgan fingerprint density at radius 1 is 1.24 bits per heavy atom. The number of anilines is 1. The Kier molecular flexibility index (Phi) is 5.80. The van der Waals surface area contributed by atoms with Crippen LogP contribution in [0.25, 0.3) is 0 Å². The minimum absolute atomic E-state index is 0.0103. The maximum absolute atomic E-state index is 12.5. The Morgan fingerprint density at radius 3 is 2.52 bits per heavy atom. The second-order valence-corrected chi connectivity index (χ2v) is 7.12. The van der Waals surface area contributed by atoms with Crippen molar-refractivity contribution in [2.24, 2.45) is 0 Å². The molecule has 1 N–H and O–H groups in total. The molecule has 0 fully saturated rings. The highest BCUT2D eigenvalue weighted by Gasteiger charge is 2.21. The Bertz CT molecular complexity index is 964. The fourth-order valence-electron chi connectivity index (χ4n) is 1.96. The van der Waals surface area contributed by atoms with Gasteiger partial charge in [-0.05, 0) is 30.3 Å². The largest absolute Gasteiger partial charge is 0.465 e. The van der Waals surface area contributed by atoms with E-state index < -0.39 is 20.7 Å². The van der Waals surface area contributed by atoms with Crippen molar-refractivity contribution in [2.45, 2.75) is 4.90 Å². The number of nitrogens with one attached hydrogen (secondary N) is 1. The minimum atomic E-state index is -3.98. The molecular weight excluding hydrogens is 364 g/mol. The third-order valence-corrected chi connectivity index (χ3v) is 5.11. The fourth-order valence-corrected chi connectivity index (χ4v) is 3.24. The Balaban J connectivity index is 2.42. The van der Waals surface area contributed by atoms with Crippen molar-refractivity contribution in [1.29, 1.82) is 5.26 Å². The minimum Gasteiger partial charge on any atom is -0.465 e. The highest BCUT2D eigenvalue weighted by Crippen LogP contribution is 2.24. The molecule has 6 nitrogen and oxygen atoms in total. The second kappa shape index (κ2) is 7.83. The molecule has 0 radical (unpaired) electrons. The number of benzene rings is 2. The van der Waals surface area contributed by atoms with E-state index in [0.717, 1.165) is 6.20 Å². The highest BCUT2D eigenvalue weighted by molar-refractivity contribution is 7.95. The normalized spacial score (nSPS) is 11.5. The third-order valence-electron chi connectivity index (χ3n) is 3.20. The van der Waals surface area contributed by atoms with Gasteiger partial charge in [-0.15, -0.1) is 0 Å². The average molecular weight is 377 g/mol. The molecule has 0 atom stereocenters. The van der Waals surface area contributed by atoms with Gasteiger partial charge in [-0.25, -0.2) is 13.2 Å². The molecule has 2 aromatic carbocycles. The van der Waals surface area contributed by atoms with E-state index in [1.54, 1.807) is 24.3 Å². The Labute approximate surface area is 150 Å². The lowest BCUT2D eigenvalue weighted by atomic mass is 10.2. The Morgan fingerprint density at radius 2 is 1.92 bits per heavy atom. The molecule has 0 saturated heterocycles. The number of esters is 1. The van der Waals surface area contributed by atoms with Gasteiger partial charge < -0.3 is 10.1 Å². The summed E-state index contributed by atoms with van der Waals surface area (Å²) in [7, 11) is -2.76. The van der Waals surface area contributed by atoms with Crippen LogP contribution in [-0.4, -0.2) is 21.5 Å². The lowest BCUT2D eigenvalue weighted by Crippen LogP contribution is -2.08. The molecule has 2 aromatic rings. The predicted molar refractivity (Wildman–Crippen MR) is 93.7 cm³/mol. The highest BCUT2D eigenvalue weighted by atomic mass is 35.5. The van der Waals surface area contributed by atoms with Crippen molar-refractivity contribution in [3.63, 3.8) is 0 Å². The molecular formula is C17H13ClN2O4S. The first-order chi connectivity index (χ1) is 11.9. The van der Waals surface area contributed by atoms with Crippen molar-refractivity contribution < 1.29 is 17.9 Å². The van der Waals surface area contributed by atoms with Crippen LogP contribution in [0.1, 0.15) is 10.4 Å². The zero-order valence-corrected chi connectivity index (χ0v) is 14.6. The van der Waals surface area contributed by atoms with Crippen molar-refractivity contribution in [3.05, 3.63) is 70.2 Å². The maximum Gasteiger partial charge on any atom is 0.339 e. The zero-order chi connectivity index (χ0) is 18.4. The van der Waals surface area contributed by atoms with Crippen LogP contribution in [0.3, 0.4) is 0 Å². The van der Waals surface area contributed by atoms with Crippen molar-refractivity contribution >= 4 is 33.1 Å². The van der Waals surface area contributed by atoms with Crippen LogP contribution in [0, 0.1) is 11.3 Å². The van der Waals surface area contributed by atoms with Gasteiger partial charge in [0.25, 0.3) is 0 Å². The molecule has 0 bridgehead atoms. The molecule has 0 aliphatic heterocycles. The first kappa shape index (κ1) is 18.5. The van der Waals surface area contributed by atoms with E-state index in [9.17, 15) is 18.5 Å². The number of nitriles is 1. The molecule has 0 amide bonds. The monoisotopic (exact) mass is 376 g/mol. The lowest BCUT2D eigenvalue weighted by molar-refractivity contribution is 0.0602. The summed E-state index contributed by atoms with van der Waals surface area (Å²) in [5.41, 5.74) is 0.368. The van der Waals surface area contributed by atoms with Crippen LogP contribution in [-0.2, 0) is 14.6 Å². The smallest absolute Gasteiger partial charge is 0.339 e. The van der Waals surface area contributed by atoms with E-state index in [1.165, 1.54) is 37.4 Å². The summed E-state index contributed by atoms with van der Waals surface area (Å²) >= 11 is 5.90. The second-order valence-electron chi connectivity index (χ2n) is 4.76. The first-order valence-electron chi connectivity index (χ1n) is 6.95. The summed E-state index contributed by atoms with van der Waals surface area (Å²) in [6, 6.07) is 13.6. The molecule has 0 spiro atoms. The standard InChI is InChI=1S/C17H13ClN2O4S/c1-24-17(21)15-8-7-12(18)9-16(15)20-11-14(10-19)25(22,23)13-5-3-2-4-6-13/h2-9,11,20H,1H3/b14-11-. The molecule has 0 aromatic heterocycles. The number of rotatable bonds is 5. The molecule has 25 heavy (non-hydrogen) atoms. The number of carbonyl (C=O) groups excluding carboxylic acids is 1. The third kappa shape index (κ3) is 4.18. The van der Waals surface area contributed by atoms with Crippen molar-refractivity contribution in [1.82, 2.24) is 0 Å². The van der Waals surface area contributed by atoms with Crippen molar-refractivity contribution in [2.75, 3.05) is 12.4 Å². The summed E-state index contributed by atoms with van der Waals surface area (Å²) in [4.78, 5) is 11.3. The number of carbonyl (C=O) groups is 1. The lowest BCUT2D eigenvalue weighted by Gasteiger charge is -2.09. The van der Waals surface area contributed by atoms with Gasteiger partial charge in [-0.1, -0.05) is 29.8 Å². The summed E-state index contributed by atoms with van der Waals surface area (Å²) in [5, 5.41) is 12.2. The molecule has 0 saturated carbocycles. The number of ether oxygens (including phenoxy) is 1.